The first kappa shape index (κ1) is 14.7. The molecule has 96 valence electrons. The first-order valence-corrected chi connectivity index (χ1v) is 7.74. The van der Waals surface area contributed by atoms with E-state index in [0.29, 0.717) is 0 Å². The number of rotatable bonds is 3. The van der Waals surface area contributed by atoms with E-state index in [9.17, 15) is 0 Å². The van der Waals surface area contributed by atoms with Gasteiger partial charge in [-0.15, -0.1) is 0 Å². The van der Waals surface area contributed by atoms with Gasteiger partial charge in [0.25, 0.3) is 0 Å². The summed E-state index contributed by atoms with van der Waals surface area (Å²) in [5.74, 6) is 0. The maximum absolute atomic E-state index is 2.23. The Morgan fingerprint density at radius 3 is 0.900 bits per heavy atom. The zero-order valence-corrected chi connectivity index (χ0v) is 13.0. The van der Waals surface area contributed by atoms with Crippen molar-refractivity contribution in [1.82, 2.24) is 0 Å². The van der Waals surface area contributed by atoms with E-state index < -0.39 is 7.92 Å². The van der Waals surface area contributed by atoms with Crippen LogP contribution in [0.2, 0.25) is 0 Å². The molecule has 3 aromatic rings. The lowest BCUT2D eigenvalue weighted by molar-refractivity contribution is 1.74. The molecule has 0 heterocycles. The van der Waals surface area contributed by atoms with Crippen LogP contribution in [0.5, 0.6) is 0 Å². The minimum atomic E-state index is -0.446. The van der Waals surface area contributed by atoms with E-state index in [0.717, 1.165) is 0 Å². The lowest BCUT2D eigenvalue weighted by Gasteiger charge is -2.18. The summed E-state index contributed by atoms with van der Waals surface area (Å²) in [4.78, 5) is 0. The molecule has 20 heavy (non-hydrogen) atoms. The van der Waals surface area contributed by atoms with Gasteiger partial charge in [-0.3, -0.25) is 0 Å². The van der Waals surface area contributed by atoms with Crippen LogP contribution in [0.25, 0.3) is 0 Å². The van der Waals surface area contributed by atoms with Gasteiger partial charge in [0, 0.05) is 11.0 Å². The summed E-state index contributed by atoms with van der Waals surface area (Å²) in [5.41, 5.74) is 0. The summed E-state index contributed by atoms with van der Waals surface area (Å²) in [5, 5.41) is 4.19. The van der Waals surface area contributed by atoms with Crippen molar-refractivity contribution in [2.24, 2.45) is 0 Å². The van der Waals surface area contributed by atoms with Gasteiger partial charge in [-0.2, -0.15) is 0 Å². The van der Waals surface area contributed by atoms with Crippen LogP contribution in [0.1, 0.15) is 0 Å². The highest BCUT2D eigenvalue weighted by Gasteiger charge is 2.14. The second kappa shape index (κ2) is 7.19. The third kappa shape index (κ3) is 3.25. The van der Waals surface area contributed by atoms with Crippen molar-refractivity contribution in [3.8, 4) is 0 Å². The van der Waals surface area contributed by atoms with Crippen LogP contribution >= 0.6 is 7.92 Å². The van der Waals surface area contributed by atoms with Crippen LogP contribution in [0.3, 0.4) is 0 Å². The monoisotopic (exact) mass is 290 g/mol. The average molecular weight is 290 g/mol. The molecule has 3 rings (SSSR count). The van der Waals surface area contributed by atoms with Crippen molar-refractivity contribution in [1.29, 1.82) is 0 Å². The summed E-state index contributed by atoms with van der Waals surface area (Å²) in [6.07, 6.45) is 0. The van der Waals surface area contributed by atoms with Crippen molar-refractivity contribution in [2.75, 3.05) is 0 Å². The highest BCUT2D eigenvalue weighted by Crippen LogP contribution is 2.32. The zero-order valence-electron chi connectivity index (χ0n) is 11.1. The van der Waals surface area contributed by atoms with Crippen molar-refractivity contribution in [2.45, 2.75) is 0 Å². The summed E-state index contributed by atoms with van der Waals surface area (Å²) in [6.45, 7) is 0. The van der Waals surface area contributed by atoms with E-state index in [-0.39, 0.29) is 11.0 Å². The third-order valence-electron chi connectivity index (χ3n) is 3.04. The SMILES string of the molecule is [Si].c1ccc(P(c2ccccc2)c2ccccc2)cc1. The molecule has 0 atom stereocenters. The first-order chi connectivity index (χ1) is 9.45. The Labute approximate surface area is 126 Å². The van der Waals surface area contributed by atoms with Crippen LogP contribution in [0.4, 0.5) is 0 Å². The van der Waals surface area contributed by atoms with E-state index in [2.05, 4.69) is 91.0 Å². The maximum Gasteiger partial charge on any atom is 0 e. The van der Waals surface area contributed by atoms with Gasteiger partial charge < -0.3 is 0 Å². The van der Waals surface area contributed by atoms with Crippen LogP contribution in [0.15, 0.2) is 91.0 Å². The van der Waals surface area contributed by atoms with Gasteiger partial charge in [-0.05, 0) is 23.8 Å². The molecule has 0 aliphatic carbocycles. The molecule has 0 saturated heterocycles. The molecule has 0 bridgehead atoms. The Balaban J connectivity index is 0.00000147. The summed E-state index contributed by atoms with van der Waals surface area (Å²) >= 11 is 0. The molecule has 4 radical (unpaired) electrons. The Morgan fingerprint density at radius 2 is 0.650 bits per heavy atom. The molecule has 0 N–H and O–H groups in total. The van der Waals surface area contributed by atoms with Crippen LogP contribution < -0.4 is 15.9 Å². The molecule has 0 unspecified atom stereocenters. The lowest BCUT2D eigenvalue weighted by Crippen LogP contribution is -2.20. The fraction of sp³-hybridized carbons (Fsp3) is 0. The predicted molar refractivity (Wildman–Crippen MR) is 90.9 cm³/mol. The van der Waals surface area contributed by atoms with Gasteiger partial charge in [0.15, 0.2) is 0 Å². The molecule has 0 fully saturated rings. The highest BCUT2D eigenvalue weighted by atomic mass is 31.1. The van der Waals surface area contributed by atoms with Gasteiger partial charge in [-0.1, -0.05) is 91.0 Å². The largest absolute Gasteiger partial charge is 0.0622 e. The van der Waals surface area contributed by atoms with E-state index >= 15 is 0 Å². The molecule has 0 aliphatic rings. The van der Waals surface area contributed by atoms with Gasteiger partial charge in [0.05, 0.1) is 0 Å². The molecular weight excluding hydrogens is 275 g/mol. The van der Waals surface area contributed by atoms with Gasteiger partial charge in [-0.25, -0.2) is 0 Å². The third-order valence-corrected chi connectivity index (χ3v) is 5.49. The second-order valence-corrected chi connectivity index (χ2v) is 6.56. The van der Waals surface area contributed by atoms with Crippen molar-refractivity contribution in [3.05, 3.63) is 91.0 Å². The molecule has 0 aromatic heterocycles. The Morgan fingerprint density at radius 1 is 0.400 bits per heavy atom. The molecule has 0 nitrogen and oxygen atoms in total. The minimum Gasteiger partial charge on any atom is -0.0622 e. The Kier molecular flexibility index (Phi) is 5.29. The fourth-order valence-electron chi connectivity index (χ4n) is 2.18. The van der Waals surface area contributed by atoms with E-state index in [4.69, 9.17) is 0 Å². The fourth-order valence-corrected chi connectivity index (χ4v) is 4.48. The van der Waals surface area contributed by atoms with Crippen molar-refractivity contribution < 1.29 is 0 Å². The number of benzene rings is 3. The van der Waals surface area contributed by atoms with E-state index in [1.807, 2.05) is 0 Å². The smallest absolute Gasteiger partial charge is 0 e. The lowest BCUT2D eigenvalue weighted by atomic mass is 10.4. The van der Waals surface area contributed by atoms with Gasteiger partial charge in [0.2, 0.25) is 0 Å². The molecule has 0 aliphatic heterocycles. The number of hydrogen-bond acceptors (Lipinski definition) is 0. The molecule has 2 heteroatoms. The molecule has 0 spiro atoms. The van der Waals surface area contributed by atoms with Crippen molar-refractivity contribution >= 4 is 34.8 Å². The summed E-state index contributed by atoms with van der Waals surface area (Å²) < 4.78 is 0. The van der Waals surface area contributed by atoms with E-state index in [1.54, 1.807) is 0 Å². The first-order valence-electron chi connectivity index (χ1n) is 6.40. The number of hydrogen-bond donors (Lipinski definition) is 0. The normalized spacial score (nSPS) is 10.1. The minimum absolute atomic E-state index is 0. The average Bonchev–Trinajstić information content (AvgIpc) is 2.51. The molecule has 3 aromatic carbocycles. The quantitative estimate of drug-likeness (QED) is 0.514. The van der Waals surface area contributed by atoms with Crippen molar-refractivity contribution in [3.63, 3.8) is 0 Å². The van der Waals surface area contributed by atoms with E-state index in [1.165, 1.54) is 15.9 Å². The van der Waals surface area contributed by atoms with Crippen LogP contribution in [0, 0.1) is 0 Å². The standard InChI is InChI=1S/C18H15P.Si/c1-4-10-16(11-5-1)19(17-12-6-2-7-13-17)18-14-8-3-9-15-18;/h1-15H;. The maximum atomic E-state index is 2.23. The van der Waals surface area contributed by atoms with Crippen LogP contribution in [-0.2, 0) is 0 Å². The van der Waals surface area contributed by atoms with Crippen LogP contribution in [-0.4, -0.2) is 11.0 Å². The molecular formula is C18H15PSi. The highest BCUT2D eigenvalue weighted by molar-refractivity contribution is 7.79. The van der Waals surface area contributed by atoms with Gasteiger partial charge in [0.1, 0.15) is 0 Å². The molecule has 0 amide bonds. The zero-order chi connectivity index (χ0) is 12.9. The Hall–Kier alpha value is -1.69. The summed E-state index contributed by atoms with van der Waals surface area (Å²) in [7, 11) is -0.446. The topological polar surface area (TPSA) is 0 Å². The Bertz CT molecular complexity index is 529. The van der Waals surface area contributed by atoms with Gasteiger partial charge >= 0.3 is 0 Å². The predicted octanol–water partition coefficient (Wildman–Crippen LogP) is 3.06. The second-order valence-electron chi connectivity index (χ2n) is 4.34. The molecule has 0 saturated carbocycles. The summed E-state index contributed by atoms with van der Waals surface area (Å²) in [6, 6.07) is 32.3.